The molecule has 25 heavy (non-hydrogen) atoms. The Morgan fingerprint density at radius 2 is 1.96 bits per heavy atom. The number of aromatic nitrogens is 2. The van der Waals surface area contributed by atoms with Gasteiger partial charge in [-0.15, -0.1) is 0 Å². The van der Waals surface area contributed by atoms with E-state index in [4.69, 9.17) is 4.98 Å². The number of pyridine rings is 1. The predicted octanol–water partition coefficient (Wildman–Crippen LogP) is 4.24. The normalized spacial score (nSPS) is 14.2. The molecule has 0 unspecified atom stereocenters. The maximum atomic E-state index is 12.6. The van der Waals surface area contributed by atoms with Gasteiger partial charge in [0.05, 0.1) is 5.69 Å². The third-order valence-electron chi connectivity index (χ3n) is 4.77. The van der Waals surface area contributed by atoms with Gasteiger partial charge in [0.25, 0.3) is 0 Å². The maximum Gasteiger partial charge on any atom is 0.232 e. The highest BCUT2D eigenvalue weighted by Gasteiger charge is 2.32. The van der Waals surface area contributed by atoms with Crippen molar-refractivity contribution in [3.8, 4) is 11.3 Å². The van der Waals surface area contributed by atoms with E-state index in [1.807, 2.05) is 36.3 Å². The smallest absolute Gasteiger partial charge is 0.232 e. The summed E-state index contributed by atoms with van der Waals surface area (Å²) in [7, 11) is 0. The molecule has 4 nitrogen and oxygen atoms in total. The van der Waals surface area contributed by atoms with Gasteiger partial charge in [0.2, 0.25) is 5.91 Å². The van der Waals surface area contributed by atoms with Gasteiger partial charge in [0.15, 0.2) is 0 Å². The summed E-state index contributed by atoms with van der Waals surface area (Å²) in [6, 6.07) is 10.5. The summed E-state index contributed by atoms with van der Waals surface area (Å²) in [4.78, 5) is 19.3. The van der Waals surface area contributed by atoms with E-state index < -0.39 is 0 Å². The van der Waals surface area contributed by atoms with Crippen molar-refractivity contribution >= 4 is 17.2 Å². The molecule has 0 spiro atoms. The highest BCUT2D eigenvalue weighted by atomic mass is 16.2. The number of fused-ring (bicyclic) bond motifs is 2. The number of amides is 1. The first-order valence-electron chi connectivity index (χ1n) is 8.73. The summed E-state index contributed by atoms with van der Waals surface area (Å²) >= 11 is 0. The van der Waals surface area contributed by atoms with E-state index in [0.717, 1.165) is 35.6 Å². The van der Waals surface area contributed by atoms with Crippen molar-refractivity contribution in [1.82, 2.24) is 9.38 Å². The molecule has 0 fully saturated rings. The van der Waals surface area contributed by atoms with E-state index in [9.17, 15) is 4.79 Å². The molecule has 1 amide bonds. The molecule has 1 aliphatic heterocycles. The Hall–Kier alpha value is -2.62. The van der Waals surface area contributed by atoms with Gasteiger partial charge in [-0.2, -0.15) is 0 Å². The molecule has 2 aromatic heterocycles. The van der Waals surface area contributed by atoms with Crippen LogP contribution in [0.15, 0.2) is 42.7 Å². The zero-order valence-electron chi connectivity index (χ0n) is 15.2. The minimum atomic E-state index is -0.361. The Labute approximate surface area is 148 Å². The van der Waals surface area contributed by atoms with Crippen molar-refractivity contribution in [2.45, 2.75) is 34.1 Å². The Balaban J connectivity index is 1.71. The lowest BCUT2D eigenvalue weighted by Crippen LogP contribution is -2.38. The van der Waals surface area contributed by atoms with Crippen LogP contribution in [0.5, 0.6) is 0 Å². The molecule has 0 bridgehead atoms. The van der Waals surface area contributed by atoms with Crippen LogP contribution < -0.4 is 4.90 Å². The first kappa shape index (κ1) is 15.9. The lowest BCUT2D eigenvalue weighted by atomic mass is 9.94. The summed E-state index contributed by atoms with van der Waals surface area (Å²) in [6.07, 6.45) is 5.00. The summed E-state index contributed by atoms with van der Waals surface area (Å²) in [5.74, 6) is 0.183. The molecule has 1 aromatic carbocycles. The number of nitrogens with zero attached hydrogens (tertiary/aromatic N) is 3. The van der Waals surface area contributed by atoms with E-state index in [2.05, 4.69) is 43.5 Å². The SMILES string of the molecule is Cc1ccn2cc(-c3ccc4c(c3)CCN4C(=O)C(C)(C)C)nc2c1. The van der Waals surface area contributed by atoms with Crippen LogP contribution in [0, 0.1) is 12.3 Å². The molecule has 3 heterocycles. The molecule has 0 aliphatic carbocycles. The van der Waals surface area contributed by atoms with Crippen molar-refractivity contribution in [2.75, 3.05) is 11.4 Å². The van der Waals surface area contributed by atoms with Crippen LogP contribution >= 0.6 is 0 Å². The molecule has 3 aromatic rings. The van der Waals surface area contributed by atoms with Crippen LogP contribution in [0.3, 0.4) is 0 Å². The second-order valence-electron chi connectivity index (χ2n) is 7.90. The van der Waals surface area contributed by atoms with Crippen molar-refractivity contribution in [1.29, 1.82) is 0 Å². The average Bonchev–Trinajstić information content (AvgIpc) is 3.15. The van der Waals surface area contributed by atoms with Gasteiger partial charge >= 0.3 is 0 Å². The number of rotatable bonds is 1. The summed E-state index contributed by atoms with van der Waals surface area (Å²) in [6.45, 7) is 8.75. The number of benzene rings is 1. The molecular formula is C21H23N3O. The molecule has 1 aliphatic rings. The van der Waals surface area contributed by atoms with Crippen LogP contribution in [0.1, 0.15) is 31.9 Å². The van der Waals surface area contributed by atoms with E-state index in [0.29, 0.717) is 0 Å². The monoisotopic (exact) mass is 333 g/mol. The van der Waals surface area contributed by atoms with Crippen LogP contribution in [0.4, 0.5) is 5.69 Å². The lowest BCUT2D eigenvalue weighted by molar-refractivity contribution is -0.125. The molecule has 0 N–H and O–H groups in total. The van der Waals surface area contributed by atoms with Gasteiger partial charge in [-0.1, -0.05) is 26.8 Å². The second-order valence-corrected chi connectivity index (χ2v) is 7.90. The number of hydrogen-bond acceptors (Lipinski definition) is 2. The average molecular weight is 333 g/mol. The minimum absolute atomic E-state index is 0.183. The molecule has 4 rings (SSSR count). The van der Waals surface area contributed by atoms with E-state index in [-0.39, 0.29) is 11.3 Å². The number of carbonyl (C=O) groups is 1. The van der Waals surface area contributed by atoms with Gasteiger partial charge in [0, 0.05) is 35.6 Å². The topological polar surface area (TPSA) is 37.6 Å². The van der Waals surface area contributed by atoms with Gasteiger partial charge in [-0.3, -0.25) is 4.79 Å². The Morgan fingerprint density at radius 1 is 1.16 bits per heavy atom. The second kappa shape index (κ2) is 5.45. The molecule has 0 saturated heterocycles. The molecule has 0 radical (unpaired) electrons. The summed E-state index contributed by atoms with van der Waals surface area (Å²) < 4.78 is 2.05. The van der Waals surface area contributed by atoms with Gasteiger partial charge in [-0.05, 0) is 48.7 Å². The van der Waals surface area contributed by atoms with Gasteiger partial charge in [-0.25, -0.2) is 4.98 Å². The molecule has 0 atom stereocenters. The Kier molecular flexibility index (Phi) is 3.46. The zero-order chi connectivity index (χ0) is 17.8. The first-order chi connectivity index (χ1) is 11.8. The zero-order valence-corrected chi connectivity index (χ0v) is 15.2. The number of anilines is 1. The number of imidazole rings is 1. The molecule has 4 heteroatoms. The van der Waals surface area contributed by atoms with Crippen molar-refractivity contribution in [3.63, 3.8) is 0 Å². The number of carbonyl (C=O) groups excluding carboxylic acids is 1. The molecular weight excluding hydrogens is 310 g/mol. The van der Waals surface area contributed by atoms with Crippen LogP contribution in [-0.4, -0.2) is 21.8 Å². The highest BCUT2D eigenvalue weighted by Crippen LogP contribution is 2.34. The standard InChI is InChI=1S/C21H23N3O/c1-14-7-9-23-13-17(22-19(23)11-14)15-5-6-18-16(12-15)8-10-24(18)20(25)21(2,3)4/h5-7,9,11-13H,8,10H2,1-4H3. The molecule has 128 valence electrons. The Bertz CT molecular complexity index is 978. The van der Waals surface area contributed by atoms with E-state index in [1.165, 1.54) is 11.1 Å². The predicted molar refractivity (Wildman–Crippen MR) is 101 cm³/mol. The van der Waals surface area contributed by atoms with Crippen LogP contribution in [0.2, 0.25) is 0 Å². The van der Waals surface area contributed by atoms with E-state index in [1.54, 1.807) is 0 Å². The van der Waals surface area contributed by atoms with Gasteiger partial charge < -0.3 is 9.30 Å². The van der Waals surface area contributed by atoms with Gasteiger partial charge in [0.1, 0.15) is 5.65 Å². The fourth-order valence-electron chi connectivity index (χ4n) is 3.40. The highest BCUT2D eigenvalue weighted by molar-refractivity contribution is 5.99. The third kappa shape index (κ3) is 2.72. The summed E-state index contributed by atoms with van der Waals surface area (Å²) in [5, 5.41) is 0. The lowest BCUT2D eigenvalue weighted by Gasteiger charge is -2.26. The first-order valence-corrected chi connectivity index (χ1v) is 8.73. The fraction of sp³-hybridized carbons (Fsp3) is 0.333. The maximum absolute atomic E-state index is 12.6. The number of aryl methyl sites for hydroxylation is 1. The quantitative estimate of drug-likeness (QED) is 0.668. The fourth-order valence-corrected chi connectivity index (χ4v) is 3.40. The van der Waals surface area contributed by atoms with Crippen molar-refractivity contribution in [3.05, 3.63) is 53.9 Å². The molecule has 0 saturated carbocycles. The van der Waals surface area contributed by atoms with Crippen LogP contribution in [0.25, 0.3) is 16.9 Å². The van der Waals surface area contributed by atoms with E-state index >= 15 is 0 Å². The largest absolute Gasteiger partial charge is 0.311 e. The minimum Gasteiger partial charge on any atom is -0.311 e. The van der Waals surface area contributed by atoms with Crippen molar-refractivity contribution < 1.29 is 4.79 Å². The number of hydrogen-bond donors (Lipinski definition) is 0. The van der Waals surface area contributed by atoms with Crippen LogP contribution in [-0.2, 0) is 11.2 Å². The third-order valence-corrected chi connectivity index (χ3v) is 4.77. The Morgan fingerprint density at radius 3 is 2.72 bits per heavy atom. The summed E-state index contributed by atoms with van der Waals surface area (Å²) in [5.41, 5.74) is 6.14. The van der Waals surface area contributed by atoms with Crippen molar-refractivity contribution in [2.24, 2.45) is 5.41 Å².